The van der Waals surface area contributed by atoms with Crippen LogP contribution in [0.5, 0.6) is 0 Å². The molecule has 4 rings (SSSR count). The van der Waals surface area contributed by atoms with Gasteiger partial charge in [-0.2, -0.15) is 0 Å². The number of carbonyl (C=O) groups excluding carboxylic acids is 3. The number of halogens is 3. The Labute approximate surface area is 201 Å². The molecule has 2 saturated carbocycles. The lowest BCUT2D eigenvalue weighted by molar-refractivity contribution is -0.140. The number of carbonyl (C=O) groups is 3. The Morgan fingerprint density at radius 1 is 1.00 bits per heavy atom. The second-order valence-electron chi connectivity index (χ2n) is 8.20. The molecule has 0 radical (unpaired) electrons. The van der Waals surface area contributed by atoms with Crippen LogP contribution in [0.2, 0.25) is 0 Å². The molecule has 1 heterocycles. The van der Waals surface area contributed by atoms with Crippen LogP contribution in [0.1, 0.15) is 32.1 Å². The van der Waals surface area contributed by atoms with Gasteiger partial charge in [0.05, 0.1) is 11.8 Å². The molecule has 0 spiro atoms. The number of hydrogen-bond donors (Lipinski definition) is 1. The van der Waals surface area contributed by atoms with Crippen molar-refractivity contribution in [3.8, 4) is 0 Å². The quantitative estimate of drug-likeness (QED) is 0.206. The Bertz CT molecular complexity index is 787. The highest BCUT2D eigenvalue weighted by atomic mass is 127. The maximum atomic E-state index is 12.8. The van der Waals surface area contributed by atoms with Crippen LogP contribution in [0.4, 0.5) is 5.69 Å². The molecule has 1 aromatic rings. The molecule has 2 bridgehead atoms. The summed E-state index contributed by atoms with van der Waals surface area (Å²) >= 11 is 9.65. The third kappa shape index (κ3) is 4.18. The van der Waals surface area contributed by atoms with Gasteiger partial charge in [0, 0.05) is 31.9 Å². The molecule has 3 amide bonds. The number of benzene rings is 1. The van der Waals surface area contributed by atoms with Crippen molar-refractivity contribution in [3.05, 3.63) is 27.8 Å². The van der Waals surface area contributed by atoms with Crippen molar-refractivity contribution < 1.29 is 14.4 Å². The summed E-state index contributed by atoms with van der Waals surface area (Å²) in [4.78, 5) is 39.8. The molecule has 29 heavy (non-hydrogen) atoms. The van der Waals surface area contributed by atoms with Crippen LogP contribution in [-0.4, -0.2) is 38.8 Å². The fourth-order valence-corrected chi connectivity index (χ4v) is 7.35. The van der Waals surface area contributed by atoms with Crippen LogP contribution in [0, 0.1) is 27.2 Å². The predicted molar refractivity (Wildman–Crippen MR) is 127 cm³/mol. The lowest BCUT2D eigenvalue weighted by atomic mass is 9.81. The van der Waals surface area contributed by atoms with Crippen molar-refractivity contribution in [2.45, 2.75) is 41.8 Å². The number of alkyl halides is 2. The zero-order valence-corrected chi connectivity index (χ0v) is 21.2. The van der Waals surface area contributed by atoms with E-state index < -0.39 is 0 Å². The molecule has 6 atom stereocenters. The van der Waals surface area contributed by atoms with Gasteiger partial charge in [-0.1, -0.05) is 38.3 Å². The molecule has 0 unspecified atom stereocenters. The van der Waals surface area contributed by atoms with E-state index in [9.17, 15) is 14.4 Å². The van der Waals surface area contributed by atoms with Gasteiger partial charge in [0.25, 0.3) is 0 Å². The normalized spacial score (nSPS) is 32.7. The number of anilines is 1. The van der Waals surface area contributed by atoms with Crippen LogP contribution in [0.15, 0.2) is 24.3 Å². The smallest absolute Gasteiger partial charge is 0.233 e. The maximum absolute atomic E-state index is 12.8. The number of likely N-dealkylation sites (tertiary alicyclic amines) is 1. The second-order valence-corrected chi connectivity index (χ2v) is 11.6. The Kier molecular flexibility index (Phi) is 6.70. The van der Waals surface area contributed by atoms with E-state index in [0.717, 1.165) is 34.9 Å². The highest BCUT2D eigenvalue weighted by Crippen LogP contribution is 2.60. The first-order valence-electron chi connectivity index (χ1n) is 10.1. The minimum absolute atomic E-state index is 0.00244. The van der Waals surface area contributed by atoms with E-state index in [4.69, 9.17) is 0 Å². The molecule has 5 nitrogen and oxygen atoms in total. The van der Waals surface area contributed by atoms with E-state index in [-0.39, 0.29) is 51.0 Å². The molecule has 3 aliphatic rings. The number of imide groups is 1. The molecule has 8 heteroatoms. The van der Waals surface area contributed by atoms with Crippen LogP contribution in [0.3, 0.4) is 0 Å². The van der Waals surface area contributed by atoms with Gasteiger partial charge in [-0.25, -0.2) is 0 Å². The van der Waals surface area contributed by atoms with E-state index in [1.165, 1.54) is 4.90 Å². The first-order valence-corrected chi connectivity index (χ1v) is 13.0. The van der Waals surface area contributed by atoms with E-state index in [2.05, 4.69) is 59.8 Å². The zero-order valence-electron chi connectivity index (χ0n) is 15.8. The first kappa shape index (κ1) is 21.7. The summed E-state index contributed by atoms with van der Waals surface area (Å²) in [7, 11) is 0. The number of hydrogen-bond acceptors (Lipinski definition) is 3. The Hall–Kier alpha value is -0.480. The van der Waals surface area contributed by atoms with Crippen LogP contribution >= 0.6 is 54.5 Å². The topological polar surface area (TPSA) is 66.5 Å². The monoisotopic (exact) mass is 636 g/mol. The van der Waals surface area contributed by atoms with Crippen LogP contribution in [-0.2, 0) is 14.4 Å². The van der Waals surface area contributed by atoms with Gasteiger partial charge >= 0.3 is 0 Å². The Balaban J connectivity index is 1.20. The van der Waals surface area contributed by atoms with Crippen molar-refractivity contribution in [1.29, 1.82) is 0 Å². The molecule has 1 N–H and O–H groups in total. The van der Waals surface area contributed by atoms with Gasteiger partial charge in [-0.3, -0.25) is 19.3 Å². The number of rotatable bonds is 7. The number of nitrogens with one attached hydrogen (secondary N) is 1. The van der Waals surface area contributed by atoms with Gasteiger partial charge in [0.2, 0.25) is 17.7 Å². The summed E-state index contributed by atoms with van der Waals surface area (Å²) in [5.41, 5.74) is 0.806. The van der Waals surface area contributed by atoms with E-state index >= 15 is 0 Å². The maximum Gasteiger partial charge on any atom is 0.233 e. The minimum atomic E-state index is -0.134. The van der Waals surface area contributed by atoms with Gasteiger partial charge in [0.15, 0.2) is 0 Å². The highest BCUT2D eigenvalue weighted by Gasteiger charge is 2.66. The summed E-state index contributed by atoms with van der Waals surface area (Å²) in [5.74, 6) is 0.301. The minimum Gasteiger partial charge on any atom is -0.326 e. The molecule has 156 valence electrons. The summed E-state index contributed by atoms with van der Waals surface area (Å²) < 4.78 is 1.13. The van der Waals surface area contributed by atoms with E-state index in [0.29, 0.717) is 13.0 Å². The molecule has 1 aliphatic heterocycles. The van der Waals surface area contributed by atoms with Crippen molar-refractivity contribution in [1.82, 2.24) is 4.90 Å². The van der Waals surface area contributed by atoms with Gasteiger partial charge in [0.1, 0.15) is 0 Å². The number of nitrogens with zero attached hydrogens (tertiary/aromatic N) is 1. The highest BCUT2D eigenvalue weighted by molar-refractivity contribution is 14.1. The number of fused-ring (bicyclic) bond motifs is 5. The second kappa shape index (κ2) is 8.94. The lowest BCUT2D eigenvalue weighted by Crippen LogP contribution is -2.37. The van der Waals surface area contributed by atoms with Crippen LogP contribution < -0.4 is 5.32 Å². The van der Waals surface area contributed by atoms with E-state index in [1.807, 2.05) is 24.3 Å². The van der Waals surface area contributed by atoms with Gasteiger partial charge < -0.3 is 5.32 Å². The summed E-state index contributed by atoms with van der Waals surface area (Å²) in [6, 6.07) is 7.70. The largest absolute Gasteiger partial charge is 0.326 e. The number of unbranched alkanes of at least 4 members (excludes halogenated alkanes) is 2. The van der Waals surface area contributed by atoms with Gasteiger partial charge in [-0.15, -0.1) is 0 Å². The standard InChI is InChI=1S/C21H23Br2IN2O3/c22-18-13-10-14(19(18)23)17-16(13)20(28)26(21(17)29)9-3-1-2-4-15(27)25-12-7-5-11(24)6-8-12/h5-8,13-14,16-19H,1-4,9-10H2,(H,25,27)/t13-,14-,16-,17+,18-,19-/m1/s1. The predicted octanol–water partition coefficient (Wildman–Crippen LogP) is 4.57. The molecular formula is C21H23Br2IN2O3. The molecule has 1 aromatic carbocycles. The van der Waals surface area contributed by atoms with Crippen LogP contribution in [0.25, 0.3) is 0 Å². The summed E-state index contributed by atoms with van der Waals surface area (Å²) in [6.07, 6.45) is 3.72. The summed E-state index contributed by atoms with van der Waals surface area (Å²) in [5, 5.41) is 2.90. The first-order chi connectivity index (χ1) is 13.9. The average Bonchev–Trinajstić information content (AvgIpc) is 3.29. The summed E-state index contributed by atoms with van der Waals surface area (Å²) in [6.45, 7) is 0.475. The third-order valence-electron chi connectivity index (χ3n) is 6.49. The fourth-order valence-electron chi connectivity index (χ4n) is 5.12. The van der Waals surface area contributed by atoms with Crippen molar-refractivity contribution in [2.24, 2.45) is 23.7 Å². The molecule has 0 aromatic heterocycles. The third-order valence-corrected chi connectivity index (χ3v) is 10.4. The zero-order chi connectivity index (χ0) is 20.7. The molecule has 1 saturated heterocycles. The Morgan fingerprint density at radius 2 is 1.59 bits per heavy atom. The lowest BCUT2D eigenvalue weighted by Gasteiger charge is -2.28. The van der Waals surface area contributed by atoms with Gasteiger partial charge in [-0.05, 0) is 78.0 Å². The average molecular weight is 638 g/mol. The molecule has 2 aliphatic carbocycles. The SMILES string of the molecule is O=C(CCCCCN1C(=O)[C@@H]2[C@H]3C[C@@H]([C@@H](Br)[C@@H]3Br)[C@@H]2C1=O)Nc1ccc(I)cc1. The molecular weight excluding hydrogens is 615 g/mol. The van der Waals surface area contributed by atoms with Crippen molar-refractivity contribution >= 4 is 77.9 Å². The van der Waals surface area contributed by atoms with E-state index in [1.54, 1.807) is 0 Å². The fraction of sp³-hybridized carbons (Fsp3) is 0.571. The van der Waals surface area contributed by atoms with Crippen molar-refractivity contribution in [2.75, 3.05) is 11.9 Å². The molecule has 3 fully saturated rings. The van der Waals surface area contributed by atoms with Crippen molar-refractivity contribution in [3.63, 3.8) is 0 Å². The Morgan fingerprint density at radius 3 is 2.17 bits per heavy atom. The number of amides is 3.